The maximum Gasteiger partial charge on any atom is 0.0867 e. The van der Waals surface area contributed by atoms with E-state index in [1.807, 2.05) is 0 Å². The highest BCUT2D eigenvalue weighted by Crippen LogP contribution is 2.31. The minimum atomic E-state index is -0.354. The second-order valence-corrected chi connectivity index (χ2v) is 5.03. The zero-order valence-electron chi connectivity index (χ0n) is 11.4. The number of epoxide rings is 1. The van der Waals surface area contributed by atoms with Gasteiger partial charge in [0.1, 0.15) is 0 Å². The molecule has 0 bridgehead atoms. The molecule has 0 aromatic rings. The van der Waals surface area contributed by atoms with Crippen LogP contribution in [0, 0.1) is 0 Å². The highest BCUT2D eigenvalue weighted by atomic mass is 16.6. The molecule has 1 fully saturated rings. The molecule has 1 N–H and O–H groups in total. The average molecular weight is 244 g/mol. The van der Waals surface area contributed by atoms with Gasteiger partial charge in [0, 0.05) is 13.0 Å². The highest BCUT2D eigenvalue weighted by Gasteiger charge is 2.38. The van der Waals surface area contributed by atoms with E-state index in [0.717, 1.165) is 32.3 Å². The van der Waals surface area contributed by atoms with Crippen LogP contribution in [-0.2, 0) is 9.47 Å². The van der Waals surface area contributed by atoms with E-state index in [9.17, 15) is 5.11 Å². The minimum absolute atomic E-state index is 0.289. The third-order valence-corrected chi connectivity index (χ3v) is 3.24. The Hall–Kier alpha value is -0.120. The van der Waals surface area contributed by atoms with E-state index in [0.29, 0.717) is 12.7 Å². The molecule has 1 saturated heterocycles. The Morgan fingerprint density at radius 3 is 2.59 bits per heavy atom. The Morgan fingerprint density at radius 2 is 1.88 bits per heavy atom. The molecule has 0 radical (unpaired) electrons. The Balaban J connectivity index is 1.92. The number of aliphatic hydroxyl groups is 1. The van der Waals surface area contributed by atoms with E-state index in [2.05, 4.69) is 13.8 Å². The van der Waals surface area contributed by atoms with Crippen LogP contribution in [0.1, 0.15) is 58.8 Å². The van der Waals surface area contributed by atoms with Gasteiger partial charge in [-0.2, -0.15) is 0 Å². The van der Waals surface area contributed by atoms with Gasteiger partial charge in [0.05, 0.1) is 24.9 Å². The van der Waals surface area contributed by atoms with Gasteiger partial charge in [0.15, 0.2) is 0 Å². The number of rotatable bonds is 11. The first-order chi connectivity index (χ1) is 8.27. The lowest BCUT2D eigenvalue weighted by molar-refractivity contribution is 0.0278. The topological polar surface area (TPSA) is 42.0 Å². The fourth-order valence-corrected chi connectivity index (χ4v) is 2.04. The van der Waals surface area contributed by atoms with Crippen molar-refractivity contribution in [3.63, 3.8) is 0 Å². The van der Waals surface area contributed by atoms with E-state index in [1.54, 1.807) is 0 Å². The molecule has 0 aromatic carbocycles. The van der Waals surface area contributed by atoms with Crippen LogP contribution in [0.25, 0.3) is 0 Å². The molecular formula is C14H28O3. The number of aliphatic hydroxyl groups excluding tert-OH is 1. The first-order valence-corrected chi connectivity index (χ1v) is 7.19. The van der Waals surface area contributed by atoms with Gasteiger partial charge >= 0.3 is 0 Å². The predicted octanol–water partition coefficient (Wildman–Crippen LogP) is 2.90. The van der Waals surface area contributed by atoms with Gasteiger partial charge in [0.25, 0.3) is 0 Å². The zero-order valence-corrected chi connectivity index (χ0v) is 11.4. The fraction of sp³-hybridized carbons (Fsp3) is 1.00. The van der Waals surface area contributed by atoms with Crippen LogP contribution in [0.3, 0.4) is 0 Å². The third-order valence-electron chi connectivity index (χ3n) is 3.24. The van der Waals surface area contributed by atoms with E-state index in [-0.39, 0.29) is 12.2 Å². The molecular weight excluding hydrogens is 216 g/mol. The molecule has 0 aromatic heterocycles. The molecule has 3 atom stereocenters. The summed E-state index contributed by atoms with van der Waals surface area (Å²) in [7, 11) is 0. The number of ether oxygens (including phenoxy) is 2. The van der Waals surface area contributed by atoms with Crippen LogP contribution in [0.4, 0.5) is 0 Å². The molecule has 0 unspecified atom stereocenters. The summed E-state index contributed by atoms with van der Waals surface area (Å²) in [6, 6.07) is 0. The quantitative estimate of drug-likeness (QED) is 0.449. The second-order valence-electron chi connectivity index (χ2n) is 5.03. The lowest BCUT2D eigenvalue weighted by Crippen LogP contribution is -2.18. The van der Waals surface area contributed by atoms with Gasteiger partial charge in [-0.25, -0.2) is 0 Å². The SMILES string of the molecule is CCCCC[C@H]1O[C@H]1C[C@@H](O)COCCCC. The Morgan fingerprint density at radius 1 is 1.12 bits per heavy atom. The Labute approximate surface area is 105 Å². The van der Waals surface area contributed by atoms with Gasteiger partial charge in [-0.15, -0.1) is 0 Å². The molecule has 0 saturated carbocycles. The molecule has 1 aliphatic heterocycles. The summed E-state index contributed by atoms with van der Waals surface area (Å²) in [4.78, 5) is 0. The number of unbranched alkanes of at least 4 members (excludes halogenated alkanes) is 3. The van der Waals surface area contributed by atoms with E-state index < -0.39 is 0 Å². The van der Waals surface area contributed by atoms with Crippen LogP contribution in [0.5, 0.6) is 0 Å². The molecule has 102 valence electrons. The number of hydrogen-bond acceptors (Lipinski definition) is 3. The summed E-state index contributed by atoms with van der Waals surface area (Å²) in [5.41, 5.74) is 0. The Bertz CT molecular complexity index is 184. The largest absolute Gasteiger partial charge is 0.391 e. The summed E-state index contributed by atoms with van der Waals surface area (Å²) >= 11 is 0. The van der Waals surface area contributed by atoms with Gasteiger partial charge in [-0.1, -0.05) is 39.5 Å². The van der Waals surface area contributed by atoms with Gasteiger partial charge in [0.2, 0.25) is 0 Å². The maximum absolute atomic E-state index is 9.74. The van der Waals surface area contributed by atoms with Crippen molar-refractivity contribution in [2.45, 2.75) is 77.1 Å². The van der Waals surface area contributed by atoms with E-state index >= 15 is 0 Å². The molecule has 1 rings (SSSR count). The van der Waals surface area contributed by atoms with E-state index in [1.165, 1.54) is 19.3 Å². The normalized spacial score (nSPS) is 24.9. The first-order valence-electron chi connectivity index (χ1n) is 7.19. The second kappa shape index (κ2) is 8.90. The van der Waals surface area contributed by atoms with Crippen LogP contribution in [0.2, 0.25) is 0 Å². The van der Waals surface area contributed by atoms with Crippen molar-refractivity contribution in [1.82, 2.24) is 0 Å². The molecule has 0 aliphatic carbocycles. The summed E-state index contributed by atoms with van der Waals surface area (Å²) in [6.07, 6.45) is 8.25. The zero-order chi connectivity index (χ0) is 12.5. The van der Waals surface area contributed by atoms with E-state index in [4.69, 9.17) is 9.47 Å². The summed E-state index contributed by atoms with van der Waals surface area (Å²) in [5, 5.41) is 9.74. The molecule has 1 aliphatic rings. The van der Waals surface area contributed by atoms with Crippen molar-refractivity contribution >= 4 is 0 Å². The van der Waals surface area contributed by atoms with Crippen LogP contribution in [0.15, 0.2) is 0 Å². The van der Waals surface area contributed by atoms with Crippen LogP contribution in [-0.4, -0.2) is 36.6 Å². The van der Waals surface area contributed by atoms with Crippen molar-refractivity contribution in [1.29, 1.82) is 0 Å². The average Bonchev–Trinajstić information content (AvgIpc) is 3.03. The van der Waals surface area contributed by atoms with Crippen molar-refractivity contribution < 1.29 is 14.6 Å². The summed E-state index contributed by atoms with van der Waals surface area (Å²) in [5.74, 6) is 0. The lowest BCUT2D eigenvalue weighted by atomic mass is 10.1. The predicted molar refractivity (Wildman–Crippen MR) is 69.2 cm³/mol. The monoisotopic (exact) mass is 244 g/mol. The first kappa shape index (κ1) is 14.9. The lowest BCUT2D eigenvalue weighted by Gasteiger charge is -2.09. The van der Waals surface area contributed by atoms with Gasteiger partial charge < -0.3 is 14.6 Å². The summed E-state index contributed by atoms with van der Waals surface area (Å²) < 4.78 is 10.9. The van der Waals surface area contributed by atoms with Crippen LogP contribution < -0.4 is 0 Å². The minimum Gasteiger partial charge on any atom is -0.391 e. The molecule has 0 amide bonds. The third kappa shape index (κ3) is 7.02. The summed E-state index contributed by atoms with van der Waals surface area (Å²) in [6.45, 7) is 5.57. The smallest absolute Gasteiger partial charge is 0.0867 e. The standard InChI is InChI=1S/C14H28O3/c1-3-5-7-8-13-14(17-13)10-12(15)11-16-9-6-4-2/h12-15H,3-11H2,1-2H3/t12-,13-,14+/m1/s1. The van der Waals surface area contributed by atoms with Crippen molar-refractivity contribution in [2.75, 3.05) is 13.2 Å². The molecule has 17 heavy (non-hydrogen) atoms. The molecule has 3 nitrogen and oxygen atoms in total. The fourth-order valence-electron chi connectivity index (χ4n) is 2.04. The van der Waals surface area contributed by atoms with Gasteiger partial charge in [-0.05, 0) is 12.8 Å². The van der Waals surface area contributed by atoms with Gasteiger partial charge in [-0.3, -0.25) is 0 Å². The van der Waals surface area contributed by atoms with Crippen LogP contribution >= 0.6 is 0 Å². The van der Waals surface area contributed by atoms with Crippen molar-refractivity contribution in [3.8, 4) is 0 Å². The van der Waals surface area contributed by atoms with Crippen molar-refractivity contribution in [2.24, 2.45) is 0 Å². The number of hydrogen-bond donors (Lipinski definition) is 1. The molecule has 1 heterocycles. The highest BCUT2D eigenvalue weighted by molar-refractivity contribution is 4.86. The Kier molecular flexibility index (Phi) is 7.82. The van der Waals surface area contributed by atoms with Crippen molar-refractivity contribution in [3.05, 3.63) is 0 Å². The molecule has 3 heteroatoms. The maximum atomic E-state index is 9.74. The molecule has 0 spiro atoms.